The van der Waals surface area contributed by atoms with E-state index in [2.05, 4.69) is 9.88 Å². The van der Waals surface area contributed by atoms with Gasteiger partial charge in [-0.05, 0) is 24.3 Å². The molecule has 1 aromatic carbocycles. The Kier molecular flexibility index (Phi) is 4.52. The molecule has 1 aliphatic heterocycles. The van der Waals surface area contributed by atoms with E-state index in [1.54, 1.807) is 14.2 Å². The van der Waals surface area contributed by atoms with Gasteiger partial charge < -0.3 is 24.8 Å². The molecule has 23 heavy (non-hydrogen) atoms. The molecule has 0 spiro atoms. The maximum Gasteiger partial charge on any atom is 0.161 e. The average molecular weight is 315 g/mol. The summed E-state index contributed by atoms with van der Waals surface area (Å²) in [5, 5.41) is 0. The normalized spacial score (nSPS) is 14.6. The molecule has 1 aliphatic rings. The number of nitrogens with zero attached hydrogens (tertiary/aromatic N) is 2. The van der Waals surface area contributed by atoms with Gasteiger partial charge in [-0.25, -0.2) is 4.98 Å². The minimum absolute atomic E-state index is 0.499. The Bertz CT molecular complexity index is 685. The lowest BCUT2D eigenvalue weighted by Gasteiger charge is -2.29. The summed E-state index contributed by atoms with van der Waals surface area (Å²) in [5.41, 5.74) is 8.81. The van der Waals surface area contributed by atoms with Crippen molar-refractivity contribution in [2.75, 3.05) is 51.2 Å². The minimum atomic E-state index is 0.499. The molecule has 2 heterocycles. The maximum absolute atomic E-state index is 6.01. The van der Waals surface area contributed by atoms with Gasteiger partial charge in [0.15, 0.2) is 11.5 Å². The molecule has 1 fully saturated rings. The molecule has 2 N–H and O–H groups in total. The molecule has 0 saturated carbocycles. The fraction of sp³-hybridized carbons (Fsp3) is 0.353. The molecule has 1 saturated heterocycles. The predicted molar refractivity (Wildman–Crippen MR) is 90.2 cm³/mol. The Balaban J connectivity index is 1.97. The van der Waals surface area contributed by atoms with Crippen LogP contribution in [0.2, 0.25) is 0 Å². The van der Waals surface area contributed by atoms with Gasteiger partial charge in [0, 0.05) is 30.4 Å². The highest BCUT2D eigenvalue weighted by atomic mass is 16.5. The smallest absolute Gasteiger partial charge is 0.161 e. The van der Waals surface area contributed by atoms with E-state index in [-0.39, 0.29) is 0 Å². The Hall–Kier alpha value is -2.47. The Morgan fingerprint density at radius 3 is 2.48 bits per heavy atom. The molecule has 0 unspecified atom stereocenters. The summed E-state index contributed by atoms with van der Waals surface area (Å²) >= 11 is 0. The van der Waals surface area contributed by atoms with Gasteiger partial charge in [-0.1, -0.05) is 0 Å². The van der Waals surface area contributed by atoms with Crippen LogP contribution in [0.5, 0.6) is 11.5 Å². The van der Waals surface area contributed by atoms with Crippen molar-refractivity contribution in [1.29, 1.82) is 0 Å². The Morgan fingerprint density at radius 1 is 1.04 bits per heavy atom. The predicted octanol–water partition coefficient (Wildman–Crippen LogP) is 2.18. The summed E-state index contributed by atoms with van der Waals surface area (Å²) in [4.78, 5) is 6.71. The molecule has 3 rings (SSSR count). The van der Waals surface area contributed by atoms with Crippen LogP contribution in [0.3, 0.4) is 0 Å². The number of ether oxygens (including phenoxy) is 3. The molecule has 2 aromatic rings. The number of anilines is 2. The van der Waals surface area contributed by atoms with E-state index < -0.39 is 0 Å². The zero-order valence-electron chi connectivity index (χ0n) is 13.4. The third-order valence-corrected chi connectivity index (χ3v) is 3.89. The van der Waals surface area contributed by atoms with Crippen LogP contribution in [0.1, 0.15) is 0 Å². The quantitative estimate of drug-likeness (QED) is 0.932. The van der Waals surface area contributed by atoms with Gasteiger partial charge in [0.2, 0.25) is 0 Å². The lowest BCUT2D eigenvalue weighted by Crippen LogP contribution is -2.36. The highest BCUT2D eigenvalue weighted by molar-refractivity contribution is 5.70. The number of benzene rings is 1. The monoisotopic (exact) mass is 315 g/mol. The second kappa shape index (κ2) is 6.75. The van der Waals surface area contributed by atoms with E-state index >= 15 is 0 Å². The first kappa shape index (κ1) is 15.4. The Morgan fingerprint density at radius 2 is 1.78 bits per heavy atom. The summed E-state index contributed by atoms with van der Waals surface area (Å²) in [6, 6.07) is 9.67. The number of hydrogen-bond donors (Lipinski definition) is 1. The summed E-state index contributed by atoms with van der Waals surface area (Å²) in [6.07, 6.45) is 0. The van der Waals surface area contributed by atoms with Crippen LogP contribution in [-0.4, -0.2) is 45.5 Å². The number of pyridine rings is 1. The van der Waals surface area contributed by atoms with E-state index in [1.165, 1.54) is 0 Å². The van der Waals surface area contributed by atoms with Crippen LogP contribution >= 0.6 is 0 Å². The van der Waals surface area contributed by atoms with E-state index in [4.69, 9.17) is 19.9 Å². The van der Waals surface area contributed by atoms with Crippen LogP contribution in [0.15, 0.2) is 30.3 Å². The largest absolute Gasteiger partial charge is 0.493 e. The third kappa shape index (κ3) is 3.32. The van der Waals surface area contributed by atoms with Crippen molar-refractivity contribution in [3.8, 4) is 22.8 Å². The first-order valence-corrected chi connectivity index (χ1v) is 7.54. The standard InChI is InChI=1S/C17H21N3O3/c1-21-15-4-3-12(9-16(15)22-2)14-10-13(11-17(18)19-14)20-5-7-23-8-6-20/h3-4,9-11H,5-8H2,1-2H3,(H2,18,19). The molecule has 0 bridgehead atoms. The molecule has 6 heteroatoms. The fourth-order valence-corrected chi connectivity index (χ4v) is 2.68. The van der Waals surface area contributed by atoms with Crippen LogP contribution in [0.25, 0.3) is 11.3 Å². The fourth-order valence-electron chi connectivity index (χ4n) is 2.68. The van der Waals surface area contributed by atoms with Crippen molar-refractivity contribution in [3.63, 3.8) is 0 Å². The molecular formula is C17H21N3O3. The topological polar surface area (TPSA) is 69.8 Å². The summed E-state index contributed by atoms with van der Waals surface area (Å²) in [5.74, 6) is 1.86. The summed E-state index contributed by atoms with van der Waals surface area (Å²) in [6.45, 7) is 3.17. The number of nitrogen functional groups attached to an aromatic ring is 1. The first-order chi connectivity index (χ1) is 11.2. The van der Waals surface area contributed by atoms with Gasteiger partial charge >= 0.3 is 0 Å². The lowest BCUT2D eigenvalue weighted by atomic mass is 10.1. The van der Waals surface area contributed by atoms with Gasteiger partial charge in [-0.3, -0.25) is 0 Å². The highest BCUT2D eigenvalue weighted by Gasteiger charge is 2.14. The first-order valence-electron chi connectivity index (χ1n) is 7.54. The second-order valence-electron chi connectivity index (χ2n) is 5.30. The number of rotatable bonds is 4. The zero-order valence-corrected chi connectivity index (χ0v) is 13.4. The highest BCUT2D eigenvalue weighted by Crippen LogP contribution is 2.33. The maximum atomic E-state index is 6.01. The second-order valence-corrected chi connectivity index (χ2v) is 5.30. The lowest BCUT2D eigenvalue weighted by molar-refractivity contribution is 0.122. The minimum Gasteiger partial charge on any atom is -0.493 e. The summed E-state index contributed by atoms with van der Waals surface area (Å²) < 4.78 is 16.0. The van der Waals surface area contributed by atoms with Crippen molar-refractivity contribution in [1.82, 2.24) is 4.98 Å². The molecule has 0 atom stereocenters. The Labute approximate surface area is 135 Å². The molecule has 0 radical (unpaired) electrons. The van der Waals surface area contributed by atoms with Crippen molar-refractivity contribution in [2.45, 2.75) is 0 Å². The van der Waals surface area contributed by atoms with E-state index in [9.17, 15) is 0 Å². The molecule has 1 aromatic heterocycles. The molecule has 6 nitrogen and oxygen atoms in total. The number of aromatic nitrogens is 1. The van der Waals surface area contributed by atoms with Crippen molar-refractivity contribution >= 4 is 11.5 Å². The van der Waals surface area contributed by atoms with Gasteiger partial charge in [-0.15, -0.1) is 0 Å². The van der Waals surface area contributed by atoms with Gasteiger partial charge in [0.1, 0.15) is 5.82 Å². The molecule has 0 aliphatic carbocycles. The average Bonchev–Trinajstić information content (AvgIpc) is 2.61. The summed E-state index contributed by atoms with van der Waals surface area (Å²) in [7, 11) is 3.24. The molecule has 122 valence electrons. The van der Waals surface area contributed by atoms with Crippen LogP contribution < -0.4 is 20.1 Å². The van der Waals surface area contributed by atoms with Crippen molar-refractivity contribution in [3.05, 3.63) is 30.3 Å². The number of hydrogen-bond acceptors (Lipinski definition) is 6. The number of nitrogens with two attached hydrogens (primary N) is 1. The third-order valence-electron chi connectivity index (χ3n) is 3.89. The van der Waals surface area contributed by atoms with Crippen LogP contribution in [0.4, 0.5) is 11.5 Å². The molecular weight excluding hydrogens is 294 g/mol. The SMILES string of the molecule is COc1ccc(-c2cc(N3CCOCC3)cc(N)n2)cc1OC. The van der Waals surface area contributed by atoms with Gasteiger partial charge in [0.05, 0.1) is 33.1 Å². The van der Waals surface area contributed by atoms with Gasteiger partial charge in [0.25, 0.3) is 0 Å². The zero-order chi connectivity index (χ0) is 16.2. The van der Waals surface area contributed by atoms with Crippen molar-refractivity contribution < 1.29 is 14.2 Å². The van der Waals surface area contributed by atoms with E-state index in [0.717, 1.165) is 43.2 Å². The van der Waals surface area contributed by atoms with E-state index in [1.807, 2.05) is 30.3 Å². The van der Waals surface area contributed by atoms with Crippen LogP contribution in [-0.2, 0) is 4.74 Å². The van der Waals surface area contributed by atoms with E-state index in [0.29, 0.717) is 17.3 Å². The molecule has 0 amide bonds. The van der Waals surface area contributed by atoms with Gasteiger partial charge in [-0.2, -0.15) is 0 Å². The van der Waals surface area contributed by atoms with Crippen LogP contribution in [0, 0.1) is 0 Å². The van der Waals surface area contributed by atoms with Crippen molar-refractivity contribution in [2.24, 2.45) is 0 Å². The number of morpholine rings is 1. The number of methoxy groups -OCH3 is 2.